The number of alkyl carbamates (subject to hydrolysis) is 1. The van der Waals surface area contributed by atoms with Crippen molar-refractivity contribution < 1.29 is 33.0 Å². The van der Waals surface area contributed by atoms with Crippen molar-refractivity contribution in [3.05, 3.63) is 153 Å². The third-order valence-electron chi connectivity index (χ3n) is 7.56. The summed E-state index contributed by atoms with van der Waals surface area (Å²) in [5, 5.41) is 12.6. The molecule has 0 aliphatic carbocycles. The Kier molecular flexibility index (Phi) is 11.1. The summed E-state index contributed by atoms with van der Waals surface area (Å²) in [7, 11) is -2.09. The smallest absolute Gasteiger partial charge is 0.408 e. The second kappa shape index (κ2) is 15.6. The summed E-state index contributed by atoms with van der Waals surface area (Å²) in [4.78, 5) is 52.0. The fourth-order valence-corrected chi connectivity index (χ4v) is 6.64. The molecule has 1 fully saturated rings. The first-order valence-corrected chi connectivity index (χ1v) is 16.5. The van der Waals surface area contributed by atoms with E-state index < -0.39 is 57.4 Å². The van der Waals surface area contributed by atoms with Gasteiger partial charge in [-0.05, 0) is 65.6 Å². The quantitative estimate of drug-likeness (QED) is 0.0559. The number of rotatable bonds is 13. The van der Waals surface area contributed by atoms with Crippen molar-refractivity contribution in [1.29, 1.82) is 0 Å². The highest BCUT2D eigenvalue weighted by Crippen LogP contribution is 2.33. The van der Waals surface area contributed by atoms with Crippen molar-refractivity contribution in [2.75, 3.05) is 4.72 Å². The third-order valence-corrected chi connectivity index (χ3v) is 9.19. The molecular weight excluding hydrogens is 672 g/mol. The Morgan fingerprint density at radius 1 is 0.959 bits per heavy atom. The molecule has 0 radical (unpaired) electrons. The van der Waals surface area contributed by atoms with E-state index in [1.54, 1.807) is 31.2 Å². The number of ether oxygens (including phenoxy) is 2. The molecule has 1 heterocycles. The van der Waals surface area contributed by atoms with Crippen LogP contribution in [0.2, 0.25) is 5.02 Å². The molecule has 1 aliphatic rings. The minimum atomic E-state index is -2.09. The Morgan fingerprint density at radius 2 is 1.53 bits per heavy atom. The summed E-state index contributed by atoms with van der Waals surface area (Å²) in [5.74, 6) is -1.53. The van der Waals surface area contributed by atoms with Gasteiger partial charge in [0.25, 0.3) is 11.6 Å². The van der Waals surface area contributed by atoms with Gasteiger partial charge in [0, 0.05) is 22.8 Å². The summed E-state index contributed by atoms with van der Waals surface area (Å²) < 4.78 is 28.0. The van der Waals surface area contributed by atoms with Crippen LogP contribution >= 0.6 is 11.6 Å². The number of benzene rings is 4. The molecule has 4 unspecified atom stereocenters. The van der Waals surface area contributed by atoms with Crippen LogP contribution in [0.25, 0.3) is 0 Å². The van der Waals surface area contributed by atoms with Gasteiger partial charge in [0.1, 0.15) is 23.6 Å². The average Bonchev–Trinajstić information content (AvgIpc) is 3.10. The SMILES string of the molecule is C=C(C)C(C(=O)OC(c1ccccc1)c1ccccc1)N1C(=O)C(NC(=O)OCc2ccc([N+](=O)[O-])cc2)C1S(=O)Nc1ccc(Cl)cc1. The molecule has 2 N–H and O–H groups in total. The van der Waals surface area contributed by atoms with Crippen LogP contribution in [0.3, 0.4) is 0 Å². The van der Waals surface area contributed by atoms with E-state index in [4.69, 9.17) is 21.1 Å². The Balaban J connectivity index is 1.38. The first-order chi connectivity index (χ1) is 23.5. The number of carbonyl (C=O) groups excluding carboxylic acids is 3. The Labute approximate surface area is 289 Å². The number of nitrogens with one attached hydrogen (secondary N) is 2. The molecule has 252 valence electrons. The fourth-order valence-electron chi connectivity index (χ4n) is 5.16. The topological polar surface area (TPSA) is 157 Å². The number of hydrogen-bond acceptors (Lipinski definition) is 8. The zero-order valence-corrected chi connectivity index (χ0v) is 27.6. The minimum Gasteiger partial charge on any atom is -0.451 e. The second-order valence-corrected chi connectivity index (χ2v) is 12.8. The molecule has 2 amide bonds. The van der Waals surface area contributed by atoms with Gasteiger partial charge in [-0.2, -0.15) is 0 Å². The minimum absolute atomic E-state index is 0.128. The van der Waals surface area contributed by atoms with Crippen molar-refractivity contribution in [2.45, 2.75) is 37.1 Å². The van der Waals surface area contributed by atoms with E-state index in [0.29, 0.717) is 27.4 Å². The van der Waals surface area contributed by atoms with Gasteiger partial charge in [0.15, 0.2) is 17.5 Å². The molecule has 4 atom stereocenters. The highest BCUT2D eigenvalue weighted by Gasteiger charge is 2.57. The van der Waals surface area contributed by atoms with Crippen LogP contribution in [0, 0.1) is 10.1 Å². The number of non-ortho nitro benzene ring substituents is 1. The zero-order chi connectivity index (χ0) is 35.1. The number of nitro groups is 1. The molecular formula is C35H31ClN4O8S. The monoisotopic (exact) mass is 702 g/mol. The maximum atomic E-state index is 14.0. The lowest BCUT2D eigenvalue weighted by molar-refractivity contribution is -0.384. The number of amides is 2. The standard InChI is InChI=1S/C35H31ClN4O8S/c1-22(2)30(34(42)48-31(24-9-5-3-6-10-24)25-11-7-4-8-12-25)39-32(41)29(33(39)49(46)38-27-17-15-26(36)16-18-27)37-35(43)47-21-23-13-19-28(20-14-23)40(44)45/h3-20,29-31,33,38H,1,21H2,2H3,(H,37,43). The number of likely N-dealkylation sites (tertiary alicyclic amines) is 1. The van der Waals surface area contributed by atoms with Crippen molar-refractivity contribution in [3.63, 3.8) is 0 Å². The molecule has 1 saturated heterocycles. The molecule has 0 spiro atoms. The second-order valence-electron chi connectivity index (χ2n) is 11.1. The summed E-state index contributed by atoms with van der Waals surface area (Å²) >= 11 is 6.00. The molecule has 5 rings (SSSR count). The van der Waals surface area contributed by atoms with Gasteiger partial charge in [0.05, 0.1) is 4.92 Å². The first-order valence-electron chi connectivity index (χ1n) is 14.9. The number of anilines is 1. The summed E-state index contributed by atoms with van der Waals surface area (Å²) in [6, 6.07) is 27.2. The van der Waals surface area contributed by atoms with E-state index >= 15 is 0 Å². The van der Waals surface area contributed by atoms with Gasteiger partial charge in [0.2, 0.25) is 0 Å². The summed E-state index contributed by atoms with van der Waals surface area (Å²) in [5.41, 5.74) is 2.37. The summed E-state index contributed by atoms with van der Waals surface area (Å²) in [6.07, 6.45) is -1.83. The van der Waals surface area contributed by atoms with E-state index in [-0.39, 0.29) is 17.9 Å². The van der Waals surface area contributed by atoms with Crippen LogP contribution in [-0.4, -0.2) is 49.5 Å². The molecule has 12 nitrogen and oxygen atoms in total. The van der Waals surface area contributed by atoms with Crippen molar-refractivity contribution in [1.82, 2.24) is 10.2 Å². The molecule has 14 heteroatoms. The number of esters is 1. The number of halogens is 1. The van der Waals surface area contributed by atoms with E-state index in [9.17, 15) is 28.7 Å². The molecule has 4 aromatic carbocycles. The number of carbonyl (C=O) groups is 3. The van der Waals surface area contributed by atoms with Crippen LogP contribution in [0.4, 0.5) is 16.2 Å². The predicted octanol–water partition coefficient (Wildman–Crippen LogP) is 6.06. The highest BCUT2D eigenvalue weighted by atomic mass is 35.5. The van der Waals surface area contributed by atoms with Crippen molar-refractivity contribution in [2.24, 2.45) is 0 Å². The first kappa shape index (κ1) is 34.8. The lowest BCUT2D eigenvalue weighted by Crippen LogP contribution is -2.75. The zero-order valence-electron chi connectivity index (χ0n) is 26.1. The molecule has 49 heavy (non-hydrogen) atoms. The molecule has 0 bridgehead atoms. The maximum absolute atomic E-state index is 14.0. The van der Waals surface area contributed by atoms with E-state index in [1.165, 1.54) is 24.3 Å². The number of nitro benzene ring substituents is 1. The molecule has 0 aromatic heterocycles. The number of β-lactam (4-membered cyclic amide) rings is 1. The van der Waals surface area contributed by atoms with Crippen molar-refractivity contribution >= 4 is 51.9 Å². The number of hydrogen-bond donors (Lipinski definition) is 2. The maximum Gasteiger partial charge on any atom is 0.408 e. The number of nitrogens with zero attached hydrogens (tertiary/aromatic N) is 2. The largest absolute Gasteiger partial charge is 0.451 e. The predicted molar refractivity (Wildman–Crippen MR) is 183 cm³/mol. The van der Waals surface area contributed by atoms with Gasteiger partial charge in [-0.25, -0.2) is 13.8 Å². The fraction of sp³-hybridized carbons (Fsp3) is 0.171. The van der Waals surface area contributed by atoms with Gasteiger partial charge >= 0.3 is 12.1 Å². The molecule has 0 saturated carbocycles. The van der Waals surface area contributed by atoms with Gasteiger partial charge in [-0.1, -0.05) is 78.8 Å². The normalized spacial score (nSPS) is 16.6. The van der Waals surface area contributed by atoms with Gasteiger partial charge in [-0.3, -0.25) is 14.9 Å². The van der Waals surface area contributed by atoms with Crippen LogP contribution in [0.15, 0.2) is 121 Å². The lowest BCUT2D eigenvalue weighted by atomic mass is 9.98. The van der Waals surface area contributed by atoms with Crippen molar-refractivity contribution in [3.8, 4) is 0 Å². The van der Waals surface area contributed by atoms with Crippen LogP contribution in [0.1, 0.15) is 29.7 Å². The third kappa shape index (κ3) is 8.31. The van der Waals surface area contributed by atoms with Gasteiger partial charge < -0.3 is 24.4 Å². The van der Waals surface area contributed by atoms with Crippen LogP contribution in [0.5, 0.6) is 0 Å². The molecule has 4 aromatic rings. The van der Waals surface area contributed by atoms with Crippen LogP contribution in [-0.2, 0) is 36.7 Å². The molecule has 1 aliphatic heterocycles. The Morgan fingerprint density at radius 3 is 2.06 bits per heavy atom. The van der Waals surface area contributed by atoms with Crippen LogP contribution < -0.4 is 10.0 Å². The Bertz CT molecular complexity index is 1820. The van der Waals surface area contributed by atoms with E-state index in [0.717, 1.165) is 4.90 Å². The lowest BCUT2D eigenvalue weighted by Gasteiger charge is -2.48. The summed E-state index contributed by atoms with van der Waals surface area (Å²) in [6.45, 7) is 5.23. The Hall–Kier alpha value is -5.53. The van der Waals surface area contributed by atoms with Gasteiger partial charge in [-0.15, -0.1) is 0 Å². The highest BCUT2D eigenvalue weighted by molar-refractivity contribution is 7.87. The van der Waals surface area contributed by atoms with E-state index in [1.807, 2.05) is 60.7 Å². The average molecular weight is 703 g/mol. The van der Waals surface area contributed by atoms with E-state index in [2.05, 4.69) is 16.6 Å².